The van der Waals surface area contributed by atoms with Gasteiger partial charge in [0, 0.05) is 18.1 Å². The van der Waals surface area contributed by atoms with Crippen LogP contribution in [0.25, 0.3) is 0 Å². The van der Waals surface area contributed by atoms with E-state index in [2.05, 4.69) is 4.99 Å². The molecule has 0 radical (unpaired) electrons. The molecule has 0 bridgehead atoms. The lowest BCUT2D eigenvalue weighted by molar-refractivity contribution is 1.28. The number of hydrogen-bond acceptors (Lipinski definition) is 2. The van der Waals surface area contributed by atoms with E-state index in [1.807, 2.05) is 26.8 Å². The van der Waals surface area contributed by atoms with E-state index >= 15 is 0 Å². The van der Waals surface area contributed by atoms with Gasteiger partial charge in [-0.3, -0.25) is 4.99 Å². The molecule has 0 unspecified atom stereocenters. The quantitative estimate of drug-likeness (QED) is 0.459. The summed E-state index contributed by atoms with van der Waals surface area (Å²) in [5.74, 6) is 0. The second kappa shape index (κ2) is 4.79. The zero-order valence-corrected chi connectivity index (χ0v) is 6.76. The third kappa shape index (κ3) is 5.09. The molecule has 0 aliphatic carbocycles. The van der Waals surface area contributed by atoms with Crippen molar-refractivity contribution in [2.75, 3.05) is 0 Å². The molecular weight excluding hydrogens is 124 g/mol. The summed E-state index contributed by atoms with van der Waals surface area (Å²) in [5, 5.41) is 0. The molecule has 0 aliphatic rings. The van der Waals surface area contributed by atoms with Crippen LogP contribution >= 0.6 is 0 Å². The van der Waals surface area contributed by atoms with Gasteiger partial charge in [-0.1, -0.05) is 0 Å². The number of nitrogens with two attached hydrogens (primary N) is 1. The number of allylic oxidation sites excluding steroid dienone is 3. The molecule has 56 valence electrons. The van der Waals surface area contributed by atoms with Gasteiger partial charge in [-0.05, 0) is 32.4 Å². The number of hydrogen-bond donors (Lipinski definition) is 1. The van der Waals surface area contributed by atoms with E-state index in [1.165, 1.54) is 0 Å². The Morgan fingerprint density at radius 1 is 1.40 bits per heavy atom. The maximum absolute atomic E-state index is 5.43. The molecule has 0 saturated heterocycles. The second-order valence-electron chi connectivity index (χ2n) is 2.17. The molecule has 0 atom stereocenters. The van der Waals surface area contributed by atoms with Gasteiger partial charge in [0.05, 0.1) is 0 Å². The summed E-state index contributed by atoms with van der Waals surface area (Å²) in [6, 6.07) is 0. The molecule has 0 spiro atoms. The summed E-state index contributed by atoms with van der Waals surface area (Å²) in [7, 11) is 0. The third-order valence-electron chi connectivity index (χ3n) is 0.883. The summed E-state index contributed by atoms with van der Waals surface area (Å²) in [5.41, 5.74) is 7.31. The first kappa shape index (κ1) is 8.95. The van der Waals surface area contributed by atoms with Crippen molar-refractivity contribution in [3.8, 4) is 0 Å². The molecule has 2 N–H and O–H groups in total. The lowest BCUT2D eigenvalue weighted by Crippen LogP contribution is -1.89. The number of aliphatic imine (C=N–C) groups is 1. The van der Waals surface area contributed by atoms with E-state index in [4.69, 9.17) is 5.73 Å². The molecule has 2 nitrogen and oxygen atoms in total. The zero-order valence-electron chi connectivity index (χ0n) is 6.76. The van der Waals surface area contributed by atoms with Crippen molar-refractivity contribution in [1.29, 1.82) is 0 Å². The van der Waals surface area contributed by atoms with Gasteiger partial charge < -0.3 is 5.73 Å². The Labute approximate surface area is 62.1 Å². The molecule has 10 heavy (non-hydrogen) atoms. The number of nitrogens with zero attached hydrogens (tertiary/aromatic N) is 1. The molecule has 0 rings (SSSR count). The van der Waals surface area contributed by atoms with Gasteiger partial charge in [-0.2, -0.15) is 0 Å². The Morgan fingerprint density at radius 2 is 2.00 bits per heavy atom. The predicted octanol–water partition coefficient (Wildman–Crippen LogP) is 1.84. The molecule has 0 aromatic carbocycles. The van der Waals surface area contributed by atoms with Gasteiger partial charge >= 0.3 is 0 Å². The second-order valence-corrected chi connectivity index (χ2v) is 2.17. The van der Waals surface area contributed by atoms with Crippen molar-refractivity contribution in [2.45, 2.75) is 20.8 Å². The van der Waals surface area contributed by atoms with Crippen molar-refractivity contribution in [3.63, 3.8) is 0 Å². The largest absolute Gasteiger partial charge is 0.402 e. The standard InChI is InChI=1S/C8H14N2/c1-4-10-6-7(2)5-8(3)9/h4-6H,9H2,1-3H3/b7-6-,8-5-,10-4+. The van der Waals surface area contributed by atoms with Crippen molar-refractivity contribution < 1.29 is 0 Å². The molecule has 0 amide bonds. The van der Waals surface area contributed by atoms with Crippen LogP contribution in [0, 0.1) is 0 Å². The highest BCUT2D eigenvalue weighted by molar-refractivity contribution is 5.54. The van der Waals surface area contributed by atoms with Crippen LogP contribution in [0.4, 0.5) is 0 Å². The van der Waals surface area contributed by atoms with Gasteiger partial charge in [0.2, 0.25) is 0 Å². The van der Waals surface area contributed by atoms with Crippen LogP contribution in [0.3, 0.4) is 0 Å². The first-order valence-corrected chi connectivity index (χ1v) is 3.25. The fourth-order valence-electron chi connectivity index (χ4n) is 0.588. The van der Waals surface area contributed by atoms with Crippen LogP contribution in [-0.4, -0.2) is 6.21 Å². The van der Waals surface area contributed by atoms with E-state index in [9.17, 15) is 0 Å². The van der Waals surface area contributed by atoms with Crippen molar-refractivity contribution in [3.05, 3.63) is 23.5 Å². The maximum atomic E-state index is 5.43. The van der Waals surface area contributed by atoms with E-state index in [0.29, 0.717) is 0 Å². The summed E-state index contributed by atoms with van der Waals surface area (Å²) in [6.45, 7) is 5.69. The minimum absolute atomic E-state index is 0.806. The SMILES string of the molecule is C/C=N/C=C(C)\C=C(\C)N. The Kier molecular flexibility index (Phi) is 4.29. The van der Waals surface area contributed by atoms with Gasteiger partial charge in [-0.15, -0.1) is 0 Å². The van der Waals surface area contributed by atoms with Crippen molar-refractivity contribution in [1.82, 2.24) is 0 Å². The highest BCUT2D eigenvalue weighted by atomic mass is 14.7. The van der Waals surface area contributed by atoms with Crippen LogP contribution < -0.4 is 5.73 Å². The predicted molar refractivity (Wildman–Crippen MR) is 45.9 cm³/mol. The fraction of sp³-hybridized carbons (Fsp3) is 0.375. The van der Waals surface area contributed by atoms with Crippen molar-refractivity contribution in [2.24, 2.45) is 10.7 Å². The summed E-state index contributed by atoms with van der Waals surface area (Å²) in [4.78, 5) is 3.94. The van der Waals surface area contributed by atoms with Gasteiger partial charge in [0.1, 0.15) is 0 Å². The van der Waals surface area contributed by atoms with Crippen molar-refractivity contribution >= 4 is 6.21 Å². The van der Waals surface area contributed by atoms with Crippen LogP contribution in [0.1, 0.15) is 20.8 Å². The van der Waals surface area contributed by atoms with E-state index in [0.717, 1.165) is 11.3 Å². The van der Waals surface area contributed by atoms with Crippen LogP contribution in [0.15, 0.2) is 28.5 Å². The van der Waals surface area contributed by atoms with E-state index in [-0.39, 0.29) is 0 Å². The molecule has 0 heterocycles. The summed E-state index contributed by atoms with van der Waals surface area (Å²) in [6.07, 6.45) is 5.40. The minimum atomic E-state index is 0.806. The van der Waals surface area contributed by atoms with E-state index < -0.39 is 0 Å². The molecule has 2 heteroatoms. The Bertz CT molecular complexity index is 172. The Balaban J connectivity index is 4.08. The van der Waals surface area contributed by atoms with Gasteiger partial charge in [0.15, 0.2) is 0 Å². The number of rotatable bonds is 2. The van der Waals surface area contributed by atoms with Crippen LogP contribution in [0.5, 0.6) is 0 Å². The molecule has 0 aromatic rings. The smallest absolute Gasteiger partial charge is 0.0293 e. The fourth-order valence-corrected chi connectivity index (χ4v) is 0.588. The first-order valence-electron chi connectivity index (χ1n) is 3.25. The highest BCUT2D eigenvalue weighted by Gasteiger charge is 1.80. The molecule has 0 fully saturated rings. The zero-order chi connectivity index (χ0) is 7.98. The normalized spacial score (nSPS) is 14.7. The lowest BCUT2D eigenvalue weighted by Gasteiger charge is -1.89. The average Bonchev–Trinajstić information content (AvgIpc) is 1.82. The highest BCUT2D eigenvalue weighted by Crippen LogP contribution is 1.96. The van der Waals surface area contributed by atoms with E-state index in [1.54, 1.807) is 12.4 Å². The minimum Gasteiger partial charge on any atom is -0.402 e. The summed E-state index contributed by atoms with van der Waals surface area (Å²) >= 11 is 0. The van der Waals surface area contributed by atoms with Gasteiger partial charge in [-0.25, -0.2) is 0 Å². The van der Waals surface area contributed by atoms with Crippen LogP contribution in [-0.2, 0) is 0 Å². The molecular formula is C8H14N2. The van der Waals surface area contributed by atoms with Crippen LogP contribution in [0.2, 0.25) is 0 Å². The molecule has 0 saturated carbocycles. The Hall–Kier alpha value is -1.05. The average molecular weight is 138 g/mol. The maximum Gasteiger partial charge on any atom is 0.0293 e. The molecule has 0 aromatic heterocycles. The first-order chi connectivity index (χ1) is 4.66. The topological polar surface area (TPSA) is 38.4 Å². The lowest BCUT2D eigenvalue weighted by atomic mass is 10.3. The van der Waals surface area contributed by atoms with Gasteiger partial charge in [0.25, 0.3) is 0 Å². The Morgan fingerprint density at radius 3 is 2.40 bits per heavy atom. The monoisotopic (exact) mass is 138 g/mol. The molecule has 0 aliphatic heterocycles. The summed E-state index contributed by atoms with van der Waals surface area (Å²) < 4.78 is 0. The third-order valence-corrected chi connectivity index (χ3v) is 0.883.